The van der Waals surface area contributed by atoms with E-state index >= 15 is 0 Å². The molecule has 0 amide bonds. The van der Waals surface area contributed by atoms with Crippen molar-refractivity contribution in [1.29, 1.82) is 0 Å². The molecule has 1 aromatic heterocycles. The van der Waals surface area contributed by atoms with Gasteiger partial charge in [-0.3, -0.25) is 4.98 Å². The zero-order valence-electron chi connectivity index (χ0n) is 7.33. The van der Waals surface area contributed by atoms with E-state index in [0.717, 1.165) is 12.8 Å². The van der Waals surface area contributed by atoms with E-state index in [4.69, 9.17) is 6.42 Å². The number of rotatable bonds is 3. The first-order valence-corrected chi connectivity index (χ1v) is 4.21. The molecular formula is C11H13N. The topological polar surface area (TPSA) is 12.9 Å². The second-order valence-corrected chi connectivity index (χ2v) is 2.79. The average molecular weight is 159 g/mol. The lowest BCUT2D eigenvalue weighted by atomic mass is 9.95. The average Bonchev–Trinajstić information content (AvgIpc) is 2.15. The minimum Gasteiger partial charge on any atom is -0.265 e. The number of aromatic nitrogens is 1. The van der Waals surface area contributed by atoms with Crippen LogP contribution in [0, 0.1) is 12.3 Å². The standard InChI is InChI=1S/C11H13N/c1-3-5-10(4-2)11-6-8-12-9-7-11/h1,6-10H,4-5H2,2H3. The predicted molar refractivity (Wildman–Crippen MR) is 50.7 cm³/mol. The van der Waals surface area contributed by atoms with Gasteiger partial charge in [0.15, 0.2) is 0 Å². The van der Waals surface area contributed by atoms with E-state index in [2.05, 4.69) is 17.8 Å². The third-order valence-corrected chi connectivity index (χ3v) is 2.03. The van der Waals surface area contributed by atoms with Crippen LogP contribution < -0.4 is 0 Å². The van der Waals surface area contributed by atoms with E-state index in [-0.39, 0.29) is 0 Å². The maximum absolute atomic E-state index is 5.28. The van der Waals surface area contributed by atoms with E-state index in [9.17, 15) is 0 Å². The van der Waals surface area contributed by atoms with Gasteiger partial charge in [0.2, 0.25) is 0 Å². The van der Waals surface area contributed by atoms with E-state index in [0.29, 0.717) is 5.92 Å². The third kappa shape index (κ3) is 2.10. The van der Waals surface area contributed by atoms with Gasteiger partial charge in [-0.25, -0.2) is 0 Å². The Morgan fingerprint density at radius 3 is 2.67 bits per heavy atom. The van der Waals surface area contributed by atoms with E-state index < -0.39 is 0 Å². The molecular weight excluding hydrogens is 146 g/mol. The molecule has 0 aliphatic rings. The van der Waals surface area contributed by atoms with Crippen molar-refractivity contribution in [3.05, 3.63) is 30.1 Å². The van der Waals surface area contributed by atoms with E-state index in [1.807, 2.05) is 24.5 Å². The highest BCUT2D eigenvalue weighted by atomic mass is 14.6. The summed E-state index contributed by atoms with van der Waals surface area (Å²) in [4.78, 5) is 3.97. The van der Waals surface area contributed by atoms with Crippen LogP contribution in [0.25, 0.3) is 0 Å². The van der Waals surface area contributed by atoms with Gasteiger partial charge in [0.05, 0.1) is 0 Å². The van der Waals surface area contributed by atoms with Gasteiger partial charge in [-0.15, -0.1) is 12.3 Å². The van der Waals surface area contributed by atoms with Crippen LogP contribution in [-0.4, -0.2) is 4.98 Å². The number of pyridine rings is 1. The van der Waals surface area contributed by atoms with Crippen LogP contribution in [0.4, 0.5) is 0 Å². The molecule has 12 heavy (non-hydrogen) atoms. The Bertz CT molecular complexity index is 258. The SMILES string of the molecule is C#CCC(CC)c1ccncc1. The minimum absolute atomic E-state index is 0.498. The predicted octanol–water partition coefficient (Wildman–Crippen LogP) is 2.60. The summed E-state index contributed by atoms with van der Waals surface area (Å²) >= 11 is 0. The molecule has 0 aromatic carbocycles. The number of terminal acetylenes is 1. The van der Waals surface area contributed by atoms with Crippen molar-refractivity contribution in [2.24, 2.45) is 0 Å². The molecule has 0 aliphatic heterocycles. The van der Waals surface area contributed by atoms with Gasteiger partial charge in [-0.2, -0.15) is 0 Å². The molecule has 0 saturated heterocycles. The number of hydrogen-bond acceptors (Lipinski definition) is 1. The number of hydrogen-bond donors (Lipinski definition) is 0. The van der Waals surface area contributed by atoms with Gasteiger partial charge in [0, 0.05) is 18.8 Å². The van der Waals surface area contributed by atoms with Crippen molar-refractivity contribution in [2.45, 2.75) is 25.7 Å². The molecule has 0 N–H and O–H groups in total. The second kappa shape index (κ2) is 4.56. The molecule has 0 aliphatic carbocycles. The van der Waals surface area contributed by atoms with E-state index in [1.54, 1.807) is 0 Å². The summed E-state index contributed by atoms with van der Waals surface area (Å²) in [6, 6.07) is 4.07. The fourth-order valence-corrected chi connectivity index (χ4v) is 1.28. The zero-order valence-corrected chi connectivity index (χ0v) is 7.33. The first-order valence-electron chi connectivity index (χ1n) is 4.21. The summed E-state index contributed by atoms with van der Waals surface area (Å²) < 4.78 is 0. The first-order chi connectivity index (χ1) is 5.88. The zero-order chi connectivity index (χ0) is 8.81. The Hall–Kier alpha value is -1.29. The van der Waals surface area contributed by atoms with Crippen molar-refractivity contribution < 1.29 is 0 Å². The molecule has 1 heterocycles. The smallest absolute Gasteiger partial charge is 0.0270 e. The molecule has 0 radical (unpaired) electrons. The Kier molecular flexibility index (Phi) is 3.35. The molecule has 1 unspecified atom stereocenters. The summed E-state index contributed by atoms with van der Waals surface area (Å²) in [5, 5.41) is 0. The summed E-state index contributed by atoms with van der Waals surface area (Å²) in [5.74, 6) is 3.19. The summed E-state index contributed by atoms with van der Waals surface area (Å²) in [6.45, 7) is 2.16. The van der Waals surface area contributed by atoms with Crippen molar-refractivity contribution in [1.82, 2.24) is 4.98 Å². The Morgan fingerprint density at radius 2 is 2.17 bits per heavy atom. The summed E-state index contributed by atoms with van der Waals surface area (Å²) in [7, 11) is 0. The largest absolute Gasteiger partial charge is 0.265 e. The normalized spacial score (nSPS) is 12.0. The van der Waals surface area contributed by atoms with Gasteiger partial charge >= 0.3 is 0 Å². The summed E-state index contributed by atoms with van der Waals surface area (Å²) in [5.41, 5.74) is 1.30. The third-order valence-electron chi connectivity index (χ3n) is 2.03. The molecule has 62 valence electrons. The molecule has 0 spiro atoms. The van der Waals surface area contributed by atoms with Crippen LogP contribution in [0.15, 0.2) is 24.5 Å². The van der Waals surface area contributed by atoms with Gasteiger partial charge in [-0.05, 0) is 30.0 Å². The van der Waals surface area contributed by atoms with Gasteiger partial charge < -0.3 is 0 Å². The van der Waals surface area contributed by atoms with Crippen molar-refractivity contribution >= 4 is 0 Å². The lowest BCUT2D eigenvalue weighted by Gasteiger charge is -2.10. The Labute approximate surface area is 73.8 Å². The van der Waals surface area contributed by atoms with E-state index in [1.165, 1.54) is 5.56 Å². The second-order valence-electron chi connectivity index (χ2n) is 2.79. The maximum Gasteiger partial charge on any atom is 0.0270 e. The molecule has 0 bridgehead atoms. The minimum atomic E-state index is 0.498. The van der Waals surface area contributed by atoms with Crippen LogP contribution >= 0.6 is 0 Å². The fraction of sp³-hybridized carbons (Fsp3) is 0.364. The lowest BCUT2D eigenvalue weighted by Crippen LogP contribution is -1.95. The molecule has 0 fully saturated rings. The first kappa shape index (κ1) is 8.80. The highest BCUT2D eigenvalue weighted by Gasteiger charge is 2.05. The van der Waals surface area contributed by atoms with Crippen molar-refractivity contribution in [2.75, 3.05) is 0 Å². The van der Waals surface area contributed by atoms with Crippen LogP contribution in [0.1, 0.15) is 31.2 Å². The van der Waals surface area contributed by atoms with Crippen LogP contribution in [-0.2, 0) is 0 Å². The van der Waals surface area contributed by atoms with Gasteiger partial charge in [-0.1, -0.05) is 6.92 Å². The van der Waals surface area contributed by atoms with Crippen LogP contribution in [0.2, 0.25) is 0 Å². The quantitative estimate of drug-likeness (QED) is 0.618. The molecule has 1 atom stereocenters. The molecule has 0 saturated carbocycles. The molecule has 1 nitrogen and oxygen atoms in total. The van der Waals surface area contributed by atoms with Crippen molar-refractivity contribution in [3.63, 3.8) is 0 Å². The van der Waals surface area contributed by atoms with Crippen molar-refractivity contribution in [3.8, 4) is 12.3 Å². The van der Waals surface area contributed by atoms with Gasteiger partial charge in [0.25, 0.3) is 0 Å². The van der Waals surface area contributed by atoms with Gasteiger partial charge in [0.1, 0.15) is 0 Å². The monoisotopic (exact) mass is 159 g/mol. The summed E-state index contributed by atoms with van der Waals surface area (Å²) in [6.07, 6.45) is 10.8. The highest BCUT2D eigenvalue weighted by Crippen LogP contribution is 2.21. The highest BCUT2D eigenvalue weighted by molar-refractivity contribution is 5.17. The molecule has 1 rings (SSSR count). The fourth-order valence-electron chi connectivity index (χ4n) is 1.28. The lowest BCUT2D eigenvalue weighted by molar-refractivity contribution is 0.683. The maximum atomic E-state index is 5.28. The Morgan fingerprint density at radius 1 is 1.50 bits per heavy atom. The molecule has 1 heteroatoms. The molecule has 1 aromatic rings. The van der Waals surface area contributed by atoms with Crippen LogP contribution in [0.5, 0.6) is 0 Å². The number of nitrogens with zero attached hydrogens (tertiary/aromatic N) is 1. The van der Waals surface area contributed by atoms with Crippen LogP contribution in [0.3, 0.4) is 0 Å². The Balaban J connectivity index is 2.75.